The number of rotatable bonds is 15. The Labute approximate surface area is 139 Å². The lowest BCUT2D eigenvalue weighted by Gasteiger charge is -2.13. The summed E-state index contributed by atoms with van der Waals surface area (Å²) in [6.45, 7) is 8.75. The van der Waals surface area contributed by atoms with Gasteiger partial charge in [0.25, 0.3) is 0 Å². The summed E-state index contributed by atoms with van der Waals surface area (Å²) in [6, 6.07) is 0. The molecule has 0 aliphatic carbocycles. The Balaban J connectivity index is 3.53. The summed E-state index contributed by atoms with van der Waals surface area (Å²) in [5, 5.41) is 0. The van der Waals surface area contributed by atoms with Crippen LogP contribution in [0.25, 0.3) is 0 Å². The van der Waals surface area contributed by atoms with Crippen molar-refractivity contribution in [2.24, 2.45) is 0 Å². The summed E-state index contributed by atoms with van der Waals surface area (Å²) in [6.07, 6.45) is 13.7. The van der Waals surface area contributed by atoms with E-state index >= 15 is 0 Å². The van der Waals surface area contributed by atoms with Crippen molar-refractivity contribution < 1.29 is 13.3 Å². The van der Waals surface area contributed by atoms with Crippen molar-refractivity contribution in [1.82, 2.24) is 0 Å². The highest BCUT2D eigenvalue weighted by Gasteiger charge is 2.04. The van der Waals surface area contributed by atoms with Crippen LogP contribution in [0.2, 0.25) is 19.6 Å². The van der Waals surface area contributed by atoms with Gasteiger partial charge < -0.3 is 13.3 Å². The quantitative estimate of drug-likeness (QED) is 0.258. The fraction of sp³-hybridized carbons (Fsp3) is 0.867. The molecule has 0 heterocycles. The molecule has 0 amide bonds. The van der Waals surface area contributed by atoms with Gasteiger partial charge in [0.05, 0.1) is 12.4 Å². The third-order valence-corrected chi connectivity index (χ3v) is 5.68. The maximum absolute atomic E-state index is 5.85. The lowest BCUT2D eigenvalue weighted by molar-refractivity contribution is 0.218. The molecule has 0 rings (SSSR count). The second-order valence-electron chi connectivity index (χ2n) is 5.39. The van der Waals surface area contributed by atoms with Crippen molar-refractivity contribution in [2.75, 3.05) is 0 Å². The summed E-state index contributed by atoms with van der Waals surface area (Å²) in [5.41, 5.74) is 0. The van der Waals surface area contributed by atoms with Gasteiger partial charge in [0.2, 0.25) is 9.76 Å². The monoisotopic (exact) mass is 348 g/mol. The normalized spacial score (nSPS) is 16.2. The Morgan fingerprint density at radius 3 is 2.05 bits per heavy atom. The molecule has 0 saturated carbocycles. The highest BCUT2D eigenvalue weighted by atomic mass is 28.2. The average Bonchev–Trinajstić information content (AvgIpc) is 2.46. The Hall–Kier alpha value is 0.111. The predicted octanol–water partition coefficient (Wildman–Crippen LogP) is 2.43. The summed E-state index contributed by atoms with van der Waals surface area (Å²) in [7, 11) is -0.891. The Morgan fingerprint density at radius 1 is 0.810 bits per heavy atom. The van der Waals surface area contributed by atoms with Gasteiger partial charge in [-0.3, -0.25) is 0 Å². The van der Waals surface area contributed by atoms with Gasteiger partial charge >= 0.3 is 0 Å². The fourth-order valence-electron chi connectivity index (χ4n) is 2.36. The van der Waals surface area contributed by atoms with E-state index in [-0.39, 0.29) is 29.3 Å². The van der Waals surface area contributed by atoms with Crippen molar-refractivity contribution in [3.63, 3.8) is 0 Å². The summed E-state index contributed by atoms with van der Waals surface area (Å²) >= 11 is 0. The van der Waals surface area contributed by atoms with E-state index in [1.54, 1.807) is 0 Å². The number of hydrogen-bond donors (Lipinski definition) is 0. The number of unbranched alkanes of at least 4 members (excludes halogenated alkanes) is 4. The number of hydrogen-bond acceptors (Lipinski definition) is 3. The highest BCUT2D eigenvalue weighted by molar-refractivity contribution is 6.25. The van der Waals surface area contributed by atoms with E-state index in [1.807, 2.05) is 6.26 Å². The van der Waals surface area contributed by atoms with Gasteiger partial charge in [-0.2, -0.15) is 0 Å². The van der Waals surface area contributed by atoms with Crippen molar-refractivity contribution in [1.29, 1.82) is 0 Å². The van der Waals surface area contributed by atoms with E-state index in [0.717, 1.165) is 6.42 Å². The maximum Gasteiger partial charge on any atom is 0.215 e. The van der Waals surface area contributed by atoms with Crippen LogP contribution in [-0.2, 0) is 13.3 Å². The zero-order chi connectivity index (χ0) is 15.8. The van der Waals surface area contributed by atoms with Crippen LogP contribution in [0.3, 0.4) is 0 Å². The molecule has 21 heavy (non-hydrogen) atoms. The molecule has 0 fully saturated rings. The molecule has 0 aliphatic rings. The summed E-state index contributed by atoms with van der Waals surface area (Å²) in [4.78, 5) is 0. The van der Waals surface area contributed by atoms with E-state index in [0.29, 0.717) is 12.2 Å². The third kappa shape index (κ3) is 14.8. The SMILES string of the molecule is C[SiH2]OC=CC(CCCCCCCC(C)O[SiH2]C)O[SiH2]C. The van der Waals surface area contributed by atoms with Gasteiger partial charge in [0.1, 0.15) is 0 Å². The standard InChI is InChI=1S/C15H36O3Si3/c1-14(17-20-3)10-8-6-5-7-9-11-15(18-21-4)12-13-16-19-2/h12-15H,5-11,19-21H2,1-4H3. The first-order valence-corrected chi connectivity index (χ1v) is 14.7. The molecule has 0 bridgehead atoms. The van der Waals surface area contributed by atoms with Gasteiger partial charge in [-0.05, 0) is 32.4 Å². The minimum absolute atomic E-state index is 0.229. The molecule has 0 aromatic heterocycles. The topological polar surface area (TPSA) is 27.7 Å². The Kier molecular flexibility index (Phi) is 16.6. The molecule has 3 nitrogen and oxygen atoms in total. The second-order valence-corrected chi connectivity index (χ2v) is 8.12. The first-order chi connectivity index (χ1) is 10.2. The molecular formula is C15H36O3Si3. The first-order valence-electron chi connectivity index (χ1n) is 8.75. The van der Waals surface area contributed by atoms with Crippen LogP contribution >= 0.6 is 0 Å². The molecule has 126 valence electrons. The van der Waals surface area contributed by atoms with Crippen molar-refractivity contribution >= 4 is 29.3 Å². The Morgan fingerprint density at radius 2 is 1.43 bits per heavy atom. The fourth-order valence-corrected chi connectivity index (χ4v) is 4.11. The smallest absolute Gasteiger partial charge is 0.215 e. The van der Waals surface area contributed by atoms with E-state index < -0.39 is 0 Å². The van der Waals surface area contributed by atoms with Crippen LogP contribution in [0.1, 0.15) is 51.9 Å². The maximum atomic E-state index is 5.85. The van der Waals surface area contributed by atoms with Gasteiger partial charge in [-0.1, -0.05) is 45.2 Å². The predicted molar refractivity (Wildman–Crippen MR) is 101 cm³/mol. The zero-order valence-electron chi connectivity index (χ0n) is 14.6. The van der Waals surface area contributed by atoms with Crippen LogP contribution in [-0.4, -0.2) is 41.5 Å². The second kappa shape index (κ2) is 16.5. The lowest BCUT2D eigenvalue weighted by Crippen LogP contribution is -2.11. The zero-order valence-corrected chi connectivity index (χ0v) is 18.8. The molecule has 0 aromatic rings. The largest absolute Gasteiger partial charge is 0.555 e. The lowest BCUT2D eigenvalue weighted by atomic mass is 10.1. The molecule has 2 unspecified atom stereocenters. The van der Waals surface area contributed by atoms with E-state index in [1.165, 1.54) is 38.5 Å². The molecule has 0 spiro atoms. The third-order valence-electron chi connectivity index (χ3n) is 3.49. The van der Waals surface area contributed by atoms with Crippen LogP contribution in [0, 0.1) is 0 Å². The van der Waals surface area contributed by atoms with Gasteiger partial charge in [-0.15, -0.1) is 0 Å². The molecule has 2 atom stereocenters. The summed E-state index contributed by atoms with van der Waals surface area (Å²) in [5.74, 6) is 0. The van der Waals surface area contributed by atoms with E-state index in [2.05, 4.69) is 32.6 Å². The molecule has 0 radical (unpaired) electrons. The highest BCUT2D eigenvalue weighted by Crippen LogP contribution is 2.12. The first kappa shape index (κ1) is 21.1. The molecule has 0 saturated heterocycles. The Bertz CT molecular complexity index is 240. The van der Waals surface area contributed by atoms with Crippen molar-refractivity contribution in [3.05, 3.63) is 12.3 Å². The van der Waals surface area contributed by atoms with E-state index in [9.17, 15) is 0 Å². The molecule has 0 aromatic carbocycles. The van der Waals surface area contributed by atoms with Gasteiger partial charge in [0.15, 0.2) is 19.5 Å². The molecule has 6 heteroatoms. The van der Waals surface area contributed by atoms with Crippen LogP contribution in [0.5, 0.6) is 0 Å². The van der Waals surface area contributed by atoms with Gasteiger partial charge in [-0.25, -0.2) is 0 Å². The van der Waals surface area contributed by atoms with Crippen LogP contribution in [0.15, 0.2) is 12.3 Å². The van der Waals surface area contributed by atoms with Crippen molar-refractivity contribution in [3.8, 4) is 0 Å². The molecule has 0 aliphatic heterocycles. The van der Waals surface area contributed by atoms with Gasteiger partial charge in [0, 0.05) is 6.10 Å². The van der Waals surface area contributed by atoms with E-state index in [4.69, 9.17) is 13.3 Å². The summed E-state index contributed by atoms with van der Waals surface area (Å²) < 4.78 is 16.9. The molecular weight excluding hydrogens is 312 g/mol. The minimum Gasteiger partial charge on any atom is -0.555 e. The molecule has 0 N–H and O–H groups in total. The average molecular weight is 349 g/mol. The van der Waals surface area contributed by atoms with Crippen LogP contribution in [0.4, 0.5) is 0 Å². The van der Waals surface area contributed by atoms with Crippen LogP contribution < -0.4 is 0 Å². The minimum atomic E-state index is -0.336. The van der Waals surface area contributed by atoms with Crippen molar-refractivity contribution in [2.45, 2.75) is 83.7 Å².